The molecule has 1 aromatic carbocycles. The van der Waals surface area contributed by atoms with Crippen LogP contribution < -0.4 is 0 Å². The first-order chi connectivity index (χ1) is 8.81. The maximum absolute atomic E-state index is 11.2. The van der Waals surface area contributed by atoms with E-state index >= 15 is 0 Å². The third kappa shape index (κ3) is 3.23. The summed E-state index contributed by atoms with van der Waals surface area (Å²) in [6.07, 6.45) is 1.79. The van der Waals surface area contributed by atoms with Crippen LogP contribution in [-0.4, -0.2) is 23.3 Å². The molecule has 18 heavy (non-hydrogen) atoms. The van der Waals surface area contributed by atoms with Crippen LogP contribution in [0.4, 0.5) is 0 Å². The molecule has 0 aliphatic heterocycles. The van der Waals surface area contributed by atoms with Gasteiger partial charge in [0.05, 0.1) is 17.9 Å². The van der Waals surface area contributed by atoms with E-state index in [9.17, 15) is 4.79 Å². The molecule has 94 valence electrons. The van der Waals surface area contributed by atoms with Crippen LogP contribution in [0.1, 0.15) is 12.5 Å². The van der Waals surface area contributed by atoms with Gasteiger partial charge < -0.3 is 4.74 Å². The smallest absolute Gasteiger partial charge is 0.315 e. The van der Waals surface area contributed by atoms with E-state index < -0.39 is 0 Å². The van der Waals surface area contributed by atoms with Gasteiger partial charge in [0, 0.05) is 17.3 Å². The number of carbonyl (C=O) groups is 1. The van der Waals surface area contributed by atoms with Gasteiger partial charge in [0.25, 0.3) is 0 Å². The molecule has 0 bridgehead atoms. The summed E-state index contributed by atoms with van der Waals surface area (Å²) in [5.74, 6) is 1.00. The Labute approximate surface area is 111 Å². The zero-order valence-electron chi connectivity index (χ0n) is 10.3. The van der Waals surface area contributed by atoms with Gasteiger partial charge in [-0.15, -0.1) is 11.8 Å². The molecule has 1 heterocycles. The molecule has 0 saturated carbocycles. The minimum Gasteiger partial charge on any atom is -0.465 e. The Morgan fingerprint density at radius 2 is 2.17 bits per heavy atom. The van der Waals surface area contributed by atoms with Crippen LogP contribution in [0.2, 0.25) is 0 Å². The van der Waals surface area contributed by atoms with Gasteiger partial charge in [-0.3, -0.25) is 9.78 Å². The summed E-state index contributed by atoms with van der Waals surface area (Å²) in [6, 6.07) is 10.1. The highest BCUT2D eigenvalue weighted by Gasteiger charge is 2.05. The summed E-state index contributed by atoms with van der Waals surface area (Å²) in [6.45, 7) is 2.26. The Morgan fingerprint density at radius 3 is 3.00 bits per heavy atom. The second-order valence-corrected chi connectivity index (χ2v) is 4.78. The molecule has 0 atom stereocenters. The quantitative estimate of drug-likeness (QED) is 0.776. The van der Waals surface area contributed by atoms with Crippen LogP contribution in [0, 0.1) is 0 Å². The number of hydrogen-bond acceptors (Lipinski definition) is 4. The highest BCUT2D eigenvalue weighted by Crippen LogP contribution is 2.20. The lowest BCUT2D eigenvalue weighted by Gasteiger charge is -2.05. The molecule has 0 N–H and O–H groups in total. The zero-order chi connectivity index (χ0) is 12.8. The molecular formula is C14H15NO2S. The van der Waals surface area contributed by atoms with Crippen molar-refractivity contribution in [3.05, 3.63) is 42.1 Å². The summed E-state index contributed by atoms with van der Waals surface area (Å²) < 4.78 is 4.89. The van der Waals surface area contributed by atoms with Crippen LogP contribution in [0.3, 0.4) is 0 Å². The van der Waals surface area contributed by atoms with Gasteiger partial charge in [-0.25, -0.2) is 0 Å². The predicted octanol–water partition coefficient (Wildman–Crippen LogP) is 3.03. The number of esters is 1. The van der Waals surface area contributed by atoms with Crippen LogP contribution in [0.25, 0.3) is 10.9 Å². The van der Waals surface area contributed by atoms with Crippen molar-refractivity contribution >= 4 is 28.6 Å². The zero-order valence-corrected chi connectivity index (χ0v) is 11.1. The average Bonchev–Trinajstić information content (AvgIpc) is 2.39. The van der Waals surface area contributed by atoms with E-state index in [0.717, 1.165) is 22.2 Å². The van der Waals surface area contributed by atoms with Crippen molar-refractivity contribution in [1.29, 1.82) is 0 Å². The van der Waals surface area contributed by atoms with Crippen molar-refractivity contribution in [2.45, 2.75) is 12.7 Å². The molecule has 0 radical (unpaired) electrons. The first-order valence-corrected chi connectivity index (χ1v) is 7.02. The summed E-state index contributed by atoms with van der Waals surface area (Å²) >= 11 is 1.55. The standard InChI is InChI=1S/C14H15NO2S/c1-2-17-13(16)10-18-9-12-6-3-5-11-7-4-8-15-14(11)12/h3-8H,2,9-10H2,1H3. The van der Waals surface area contributed by atoms with Gasteiger partial charge >= 0.3 is 5.97 Å². The number of thioether (sulfide) groups is 1. The van der Waals surface area contributed by atoms with E-state index in [-0.39, 0.29) is 5.97 Å². The molecule has 0 aliphatic carbocycles. The summed E-state index contributed by atoms with van der Waals surface area (Å²) in [7, 11) is 0. The van der Waals surface area contributed by atoms with Gasteiger partial charge in [0.2, 0.25) is 0 Å². The van der Waals surface area contributed by atoms with Gasteiger partial charge in [0.15, 0.2) is 0 Å². The lowest BCUT2D eigenvalue weighted by molar-refractivity contribution is -0.139. The van der Waals surface area contributed by atoms with Gasteiger partial charge in [-0.05, 0) is 18.6 Å². The van der Waals surface area contributed by atoms with Crippen LogP contribution in [0.5, 0.6) is 0 Å². The average molecular weight is 261 g/mol. The summed E-state index contributed by atoms with van der Waals surface area (Å²) in [5, 5.41) is 1.13. The van der Waals surface area contributed by atoms with Crippen molar-refractivity contribution in [3.8, 4) is 0 Å². The minimum absolute atomic E-state index is 0.157. The van der Waals surface area contributed by atoms with E-state index in [2.05, 4.69) is 4.98 Å². The largest absolute Gasteiger partial charge is 0.465 e. The fourth-order valence-corrected chi connectivity index (χ4v) is 2.54. The summed E-state index contributed by atoms with van der Waals surface area (Å²) in [4.78, 5) is 15.6. The third-order valence-electron chi connectivity index (χ3n) is 2.50. The number of rotatable bonds is 5. The first-order valence-electron chi connectivity index (χ1n) is 5.87. The number of pyridine rings is 1. The van der Waals surface area contributed by atoms with E-state index in [1.54, 1.807) is 18.0 Å². The van der Waals surface area contributed by atoms with Crippen molar-refractivity contribution in [3.63, 3.8) is 0 Å². The van der Waals surface area contributed by atoms with E-state index in [1.807, 2.05) is 37.3 Å². The number of benzene rings is 1. The van der Waals surface area contributed by atoms with Crippen molar-refractivity contribution in [1.82, 2.24) is 4.98 Å². The Morgan fingerprint density at radius 1 is 1.33 bits per heavy atom. The fraction of sp³-hybridized carbons (Fsp3) is 0.286. The number of carbonyl (C=O) groups excluding carboxylic acids is 1. The maximum atomic E-state index is 11.2. The first kappa shape index (κ1) is 12.9. The maximum Gasteiger partial charge on any atom is 0.315 e. The van der Waals surface area contributed by atoms with Gasteiger partial charge in [-0.2, -0.15) is 0 Å². The summed E-state index contributed by atoms with van der Waals surface area (Å²) in [5.41, 5.74) is 2.17. The Balaban J connectivity index is 2.01. The van der Waals surface area contributed by atoms with Gasteiger partial charge in [-0.1, -0.05) is 24.3 Å². The van der Waals surface area contributed by atoms with E-state index in [1.165, 1.54) is 0 Å². The lowest BCUT2D eigenvalue weighted by Crippen LogP contribution is -2.06. The number of hydrogen-bond donors (Lipinski definition) is 0. The monoisotopic (exact) mass is 261 g/mol. The molecule has 2 aromatic rings. The second-order valence-electron chi connectivity index (χ2n) is 3.79. The molecule has 4 heteroatoms. The Hall–Kier alpha value is -1.55. The van der Waals surface area contributed by atoms with Crippen LogP contribution in [0.15, 0.2) is 36.5 Å². The van der Waals surface area contributed by atoms with Crippen molar-refractivity contribution < 1.29 is 9.53 Å². The second kappa shape index (κ2) is 6.40. The predicted molar refractivity (Wildman–Crippen MR) is 74.5 cm³/mol. The number of para-hydroxylation sites is 1. The molecule has 1 aromatic heterocycles. The molecule has 3 nitrogen and oxygen atoms in total. The van der Waals surface area contributed by atoms with Crippen LogP contribution >= 0.6 is 11.8 Å². The molecule has 0 amide bonds. The topological polar surface area (TPSA) is 39.2 Å². The number of aromatic nitrogens is 1. The Kier molecular flexibility index (Phi) is 4.59. The van der Waals surface area contributed by atoms with E-state index in [0.29, 0.717) is 12.4 Å². The lowest BCUT2D eigenvalue weighted by atomic mass is 10.1. The highest BCUT2D eigenvalue weighted by atomic mass is 32.2. The SMILES string of the molecule is CCOC(=O)CSCc1cccc2cccnc12. The highest BCUT2D eigenvalue weighted by molar-refractivity contribution is 7.99. The molecular weight excluding hydrogens is 246 g/mol. The van der Waals surface area contributed by atoms with Crippen molar-refractivity contribution in [2.24, 2.45) is 0 Å². The van der Waals surface area contributed by atoms with Crippen LogP contribution in [-0.2, 0) is 15.3 Å². The van der Waals surface area contributed by atoms with E-state index in [4.69, 9.17) is 4.74 Å². The molecule has 0 saturated heterocycles. The third-order valence-corrected chi connectivity index (χ3v) is 3.45. The van der Waals surface area contributed by atoms with Gasteiger partial charge in [0.1, 0.15) is 0 Å². The number of nitrogens with zero attached hydrogens (tertiary/aromatic N) is 1. The van der Waals surface area contributed by atoms with Crippen molar-refractivity contribution in [2.75, 3.05) is 12.4 Å². The molecule has 0 unspecified atom stereocenters. The number of ether oxygens (including phenoxy) is 1. The fourth-order valence-electron chi connectivity index (χ4n) is 1.73. The minimum atomic E-state index is -0.157. The normalized spacial score (nSPS) is 10.5. The number of fused-ring (bicyclic) bond motifs is 1. The molecule has 0 fully saturated rings. The molecule has 0 aliphatic rings. The Bertz CT molecular complexity index is 537. The molecule has 2 rings (SSSR count). The molecule has 0 spiro atoms.